The van der Waals surface area contributed by atoms with E-state index in [2.05, 4.69) is 25.7 Å². The summed E-state index contributed by atoms with van der Waals surface area (Å²) in [5, 5.41) is 8.57. The van der Waals surface area contributed by atoms with Crippen LogP contribution in [0.1, 0.15) is 40.0 Å². The lowest BCUT2D eigenvalue weighted by Crippen LogP contribution is -2.30. The summed E-state index contributed by atoms with van der Waals surface area (Å²) in [6.45, 7) is 9.15. The lowest BCUT2D eigenvalue weighted by molar-refractivity contribution is -0.137. The van der Waals surface area contributed by atoms with E-state index in [-0.39, 0.29) is 6.42 Å². The highest BCUT2D eigenvalue weighted by Crippen LogP contribution is 2.07. The number of rotatable bonds is 8. The summed E-state index contributed by atoms with van der Waals surface area (Å²) < 4.78 is 0. The normalized spacial score (nSPS) is 13.1. The molecule has 3 nitrogen and oxygen atoms in total. The molecule has 0 aromatic carbocycles. The molecular weight excluding hydrogens is 178 g/mol. The van der Waals surface area contributed by atoms with Gasteiger partial charge in [0.05, 0.1) is 6.42 Å². The predicted octanol–water partition coefficient (Wildman–Crippen LogP) is 2.22. The molecule has 0 heterocycles. The number of carboxylic acids is 1. The Balaban J connectivity index is 3.71. The molecule has 1 atom stereocenters. The van der Waals surface area contributed by atoms with Gasteiger partial charge in [-0.3, -0.25) is 4.79 Å². The molecule has 14 heavy (non-hydrogen) atoms. The molecule has 0 aromatic heterocycles. The van der Waals surface area contributed by atoms with Crippen LogP contribution in [0.4, 0.5) is 0 Å². The maximum atomic E-state index is 10.4. The fraction of sp³-hybridized carbons (Fsp3) is 0.909. The maximum Gasteiger partial charge on any atom is 0.304 e. The van der Waals surface area contributed by atoms with Gasteiger partial charge in [0, 0.05) is 13.1 Å². The van der Waals surface area contributed by atoms with E-state index in [1.807, 2.05) is 0 Å². The third-order valence-corrected chi connectivity index (χ3v) is 2.44. The Kier molecular flexibility index (Phi) is 7.48. The summed E-state index contributed by atoms with van der Waals surface area (Å²) in [4.78, 5) is 12.6. The highest BCUT2D eigenvalue weighted by Gasteiger charge is 2.09. The van der Waals surface area contributed by atoms with Crippen LogP contribution < -0.4 is 0 Å². The largest absolute Gasteiger partial charge is 0.481 e. The van der Waals surface area contributed by atoms with Gasteiger partial charge in [0.25, 0.3) is 0 Å². The summed E-state index contributed by atoms with van der Waals surface area (Å²) >= 11 is 0. The van der Waals surface area contributed by atoms with Crippen LogP contribution in [0, 0.1) is 5.92 Å². The van der Waals surface area contributed by atoms with Gasteiger partial charge in [0.15, 0.2) is 0 Å². The smallest absolute Gasteiger partial charge is 0.304 e. The summed E-state index contributed by atoms with van der Waals surface area (Å²) in [6, 6.07) is 0. The highest BCUT2D eigenvalue weighted by molar-refractivity contribution is 5.66. The van der Waals surface area contributed by atoms with E-state index >= 15 is 0 Å². The lowest BCUT2D eigenvalue weighted by atomic mass is 10.1. The second kappa shape index (κ2) is 7.80. The number of carboxylic acid groups (broad SMARTS) is 1. The Morgan fingerprint density at radius 3 is 2.50 bits per heavy atom. The minimum atomic E-state index is -0.702. The number of aliphatic carboxylic acids is 1. The maximum absolute atomic E-state index is 10.4. The van der Waals surface area contributed by atoms with E-state index in [0.29, 0.717) is 12.5 Å². The predicted molar refractivity (Wildman–Crippen MR) is 58.4 cm³/mol. The molecule has 0 rings (SSSR count). The van der Waals surface area contributed by atoms with Crippen molar-refractivity contribution in [1.29, 1.82) is 0 Å². The van der Waals surface area contributed by atoms with E-state index in [9.17, 15) is 4.79 Å². The van der Waals surface area contributed by atoms with Crippen molar-refractivity contribution < 1.29 is 9.90 Å². The van der Waals surface area contributed by atoms with Gasteiger partial charge in [0.1, 0.15) is 0 Å². The first-order chi connectivity index (χ1) is 6.60. The van der Waals surface area contributed by atoms with E-state index < -0.39 is 5.97 Å². The number of hydrogen-bond acceptors (Lipinski definition) is 2. The van der Waals surface area contributed by atoms with Gasteiger partial charge in [-0.1, -0.05) is 27.2 Å². The zero-order valence-electron chi connectivity index (χ0n) is 9.62. The molecular formula is C11H23NO2. The lowest BCUT2D eigenvalue weighted by Gasteiger charge is -2.23. The van der Waals surface area contributed by atoms with Gasteiger partial charge in [-0.05, 0) is 18.9 Å². The van der Waals surface area contributed by atoms with Gasteiger partial charge < -0.3 is 10.0 Å². The van der Waals surface area contributed by atoms with Crippen molar-refractivity contribution in [1.82, 2.24) is 4.90 Å². The van der Waals surface area contributed by atoms with Crippen molar-refractivity contribution in [2.45, 2.75) is 40.0 Å². The quantitative estimate of drug-likeness (QED) is 0.654. The molecule has 0 spiro atoms. The van der Waals surface area contributed by atoms with Gasteiger partial charge in [-0.2, -0.15) is 0 Å². The number of nitrogens with zero attached hydrogens (tertiary/aromatic N) is 1. The Bertz CT molecular complexity index is 159. The van der Waals surface area contributed by atoms with E-state index in [0.717, 1.165) is 13.1 Å². The zero-order chi connectivity index (χ0) is 11.0. The monoisotopic (exact) mass is 201 g/mol. The summed E-state index contributed by atoms with van der Waals surface area (Å²) in [7, 11) is 0. The average molecular weight is 201 g/mol. The van der Waals surface area contributed by atoms with Gasteiger partial charge in [-0.25, -0.2) is 0 Å². The highest BCUT2D eigenvalue weighted by atomic mass is 16.4. The first kappa shape index (κ1) is 13.4. The fourth-order valence-electron chi connectivity index (χ4n) is 1.66. The average Bonchev–Trinajstić information content (AvgIpc) is 2.12. The van der Waals surface area contributed by atoms with Crippen molar-refractivity contribution >= 4 is 5.97 Å². The second-order valence-electron chi connectivity index (χ2n) is 3.93. The molecule has 0 amide bonds. The molecule has 1 N–H and O–H groups in total. The van der Waals surface area contributed by atoms with E-state index in [1.54, 1.807) is 0 Å². The summed E-state index contributed by atoms with van der Waals surface area (Å²) in [5.41, 5.74) is 0. The van der Waals surface area contributed by atoms with Gasteiger partial charge in [-0.15, -0.1) is 0 Å². The zero-order valence-corrected chi connectivity index (χ0v) is 9.62. The molecule has 0 radical (unpaired) electrons. The van der Waals surface area contributed by atoms with Gasteiger partial charge in [0.2, 0.25) is 0 Å². The van der Waals surface area contributed by atoms with Crippen LogP contribution in [0.2, 0.25) is 0 Å². The van der Waals surface area contributed by atoms with Crippen LogP contribution in [0.25, 0.3) is 0 Å². The van der Waals surface area contributed by atoms with E-state index in [1.165, 1.54) is 12.8 Å². The fourth-order valence-corrected chi connectivity index (χ4v) is 1.66. The van der Waals surface area contributed by atoms with E-state index in [4.69, 9.17) is 5.11 Å². The van der Waals surface area contributed by atoms with Crippen LogP contribution in [0.3, 0.4) is 0 Å². The van der Waals surface area contributed by atoms with Crippen molar-refractivity contribution in [3.05, 3.63) is 0 Å². The third-order valence-electron chi connectivity index (χ3n) is 2.44. The Labute approximate surface area is 87.1 Å². The summed E-state index contributed by atoms with van der Waals surface area (Å²) in [6.07, 6.45) is 2.69. The first-order valence-electron chi connectivity index (χ1n) is 5.54. The van der Waals surface area contributed by atoms with Crippen molar-refractivity contribution in [2.75, 3.05) is 19.6 Å². The summed E-state index contributed by atoms with van der Waals surface area (Å²) in [5.74, 6) is -0.0275. The first-order valence-corrected chi connectivity index (χ1v) is 5.54. The molecule has 1 unspecified atom stereocenters. The molecule has 84 valence electrons. The number of hydrogen-bond donors (Lipinski definition) is 1. The minimum absolute atomic E-state index is 0.257. The SMILES string of the molecule is CCCC(C)CN(CC)CCC(=O)O. The standard InChI is InChI=1S/C11H23NO2/c1-4-6-10(3)9-12(5-2)8-7-11(13)14/h10H,4-9H2,1-3H3,(H,13,14). The van der Waals surface area contributed by atoms with Crippen molar-refractivity contribution in [3.8, 4) is 0 Å². The number of carbonyl (C=O) groups is 1. The van der Waals surface area contributed by atoms with Crippen LogP contribution >= 0.6 is 0 Å². The third kappa shape index (κ3) is 6.89. The molecule has 0 fully saturated rings. The van der Waals surface area contributed by atoms with Crippen molar-refractivity contribution in [2.24, 2.45) is 5.92 Å². The molecule has 0 aliphatic heterocycles. The Hall–Kier alpha value is -0.570. The van der Waals surface area contributed by atoms with Crippen molar-refractivity contribution in [3.63, 3.8) is 0 Å². The topological polar surface area (TPSA) is 40.5 Å². The molecule has 0 saturated heterocycles. The second-order valence-corrected chi connectivity index (χ2v) is 3.93. The molecule has 0 aliphatic carbocycles. The Morgan fingerprint density at radius 2 is 2.07 bits per heavy atom. The van der Waals surface area contributed by atoms with Gasteiger partial charge >= 0.3 is 5.97 Å². The minimum Gasteiger partial charge on any atom is -0.481 e. The van der Waals surface area contributed by atoms with Crippen LogP contribution in [0.5, 0.6) is 0 Å². The van der Waals surface area contributed by atoms with Crippen LogP contribution in [0.15, 0.2) is 0 Å². The molecule has 0 bridgehead atoms. The Morgan fingerprint density at radius 1 is 1.43 bits per heavy atom. The van der Waals surface area contributed by atoms with Crippen LogP contribution in [-0.4, -0.2) is 35.6 Å². The van der Waals surface area contributed by atoms with Crippen LogP contribution in [-0.2, 0) is 4.79 Å². The molecule has 0 aromatic rings. The molecule has 0 aliphatic rings. The molecule has 3 heteroatoms. The molecule has 0 saturated carbocycles.